The zero-order valence-electron chi connectivity index (χ0n) is 21.8. The van der Waals surface area contributed by atoms with Crippen LogP contribution in [0.25, 0.3) is 0 Å². The van der Waals surface area contributed by atoms with Crippen molar-refractivity contribution in [1.82, 2.24) is 9.80 Å². The Morgan fingerprint density at radius 3 is 2.28 bits per heavy atom. The van der Waals surface area contributed by atoms with E-state index in [0.29, 0.717) is 43.2 Å². The number of amides is 3. The van der Waals surface area contributed by atoms with Crippen LogP contribution in [0.3, 0.4) is 0 Å². The number of piperazine rings is 1. The second-order valence-corrected chi connectivity index (χ2v) is 9.09. The molecule has 0 spiro atoms. The van der Waals surface area contributed by atoms with Crippen LogP contribution in [0.15, 0.2) is 85.5 Å². The first kappa shape index (κ1) is 27.4. The molecule has 3 aromatic carbocycles. The van der Waals surface area contributed by atoms with Gasteiger partial charge >= 0.3 is 0 Å². The van der Waals surface area contributed by atoms with Crippen molar-refractivity contribution in [2.45, 2.75) is 0 Å². The first-order chi connectivity index (χ1) is 18.9. The van der Waals surface area contributed by atoms with Gasteiger partial charge in [0.2, 0.25) is 5.91 Å². The van der Waals surface area contributed by atoms with Crippen LogP contribution in [0.2, 0.25) is 0 Å². The van der Waals surface area contributed by atoms with Gasteiger partial charge in [-0.2, -0.15) is 0 Å². The lowest BCUT2D eigenvalue weighted by Crippen LogP contribution is -2.48. The minimum Gasteiger partial charge on any atom is -0.497 e. The highest BCUT2D eigenvalue weighted by Gasteiger charge is 2.23. The molecule has 0 aliphatic carbocycles. The number of ether oxygens (including phenoxy) is 1. The SMILES string of the molecule is C=CCN(CC(=O)Nc1ccc(N2CCN(C(=O)c3ccc(OC)cc3)CC2)cc1)C(=O)c1cccc(F)c1. The van der Waals surface area contributed by atoms with Crippen molar-refractivity contribution < 1.29 is 23.5 Å². The molecular weight excluding hydrogens is 499 g/mol. The van der Waals surface area contributed by atoms with E-state index in [1.165, 1.54) is 29.2 Å². The molecule has 0 atom stereocenters. The van der Waals surface area contributed by atoms with Gasteiger partial charge in [-0.15, -0.1) is 6.58 Å². The lowest BCUT2D eigenvalue weighted by Gasteiger charge is -2.36. The van der Waals surface area contributed by atoms with E-state index in [1.807, 2.05) is 17.0 Å². The Hall–Kier alpha value is -4.66. The predicted octanol–water partition coefficient (Wildman–Crippen LogP) is 4.06. The number of nitrogens with one attached hydrogen (secondary N) is 1. The Bertz CT molecular complexity index is 1320. The van der Waals surface area contributed by atoms with Gasteiger partial charge in [0.05, 0.1) is 7.11 Å². The summed E-state index contributed by atoms with van der Waals surface area (Å²) in [6.07, 6.45) is 1.52. The molecule has 3 amide bonds. The van der Waals surface area contributed by atoms with Crippen LogP contribution < -0.4 is 15.0 Å². The molecule has 4 rings (SSSR count). The normalized spacial score (nSPS) is 13.0. The fourth-order valence-electron chi connectivity index (χ4n) is 4.39. The number of hydrogen-bond donors (Lipinski definition) is 1. The summed E-state index contributed by atoms with van der Waals surface area (Å²) < 4.78 is 18.7. The zero-order valence-corrected chi connectivity index (χ0v) is 21.8. The van der Waals surface area contributed by atoms with Crippen molar-refractivity contribution in [2.24, 2.45) is 0 Å². The summed E-state index contributed by atoms with van der Waals surface area (Å²) in [7, 11) is 1.59. The molecule has 0 radical (unpaired) electrons. The van der Waals surface area contributed by atoms with Gasteiger partial charge in [0, 0.05) is 55.2 Å². The van der Waals surface area contributed by atoms with E-state index in [2.05, 4.69) is 16.8 Å². The monoisotopic (exact) mass is 530 g/mol. The number of methoxy groups -OCH3 is 1. The third kappa shape index (κ3) is 7.01. The molecule has 0 bridgehead atoms. The number of halogens is 1. The lowest BCUT2D eigenvalue weighted by atomic mass is 10.1. The first-order valence-corrected chi connectivity index (χ1v) is 12.6. The van der Waals surface area contributed by atoms with Gasteiger partial charge in [-0.1, -0.05) is 12.1 Å². The van der Waals surface area contributed by atoms with Gasteiger partial charge < -0.3 is 24.8 Å². The van der Waals surface area contributed by atoms with Crippen molar-refractivity contribution in [3.63, 3.8) is 0 Å². The summed E-state index contributed by atoms with van der Waals surface area (Å²) in [5, 5.41) is 2.81. The summed E-state index contributed by atoms with van der Waals surface area (Å²) >= 11 is 0. The van der Waals surface area contributed by atoms with Gasteiger partial charge in [0.1, 0.15) is 18.1 Å². The zero-order chi connectivity index (χ0) is 27.8. The fraction of sp³-hybridized carbons (Fsp3) is 0.233. The highest BCUT2D eigenvalue weighted by molar-refractivity contribution is 5.99. The largest absolute Gasteiger partial charge is 0.497 e. The number of carbonyl (C=O) groups is 3. The maximum atomic E-state index is 13.5. The van der Waals surface area contributed by atoms with E-state index in [0.717, 1.165) is 11.8 Å². The van der Waals surface area contributed by atoms with Crippen molar-refractivity contribution in [1.29, 1.82) is 0 Å². The fourth-order valence-corrected chi connectivity index (χ4v) is 4.39. The molecule has 3 aromatic rings. The second-order valence-electron chi connectivity index (χ2n) is 9.09. The molecule has 39 heavy (non-hydrogen) atoms. The molecule has 1 aliphatic rings. The predicted molar refractivity (Wildman–Crippen MR) is 149 cm³/mol. The van der Waals surface area contributed by atoms with Crippen LogP contribution in [-0.4, -0.2) is 73.9 Å². The third-order valence-electron chi connectivity index (χ3n) is 6.46. The highest BCUT2D eigenvalue weighted by Crippen LogP contribution is 2.21. The molecule has 0 unspecified atom stereocenters. The lowest BCUT2D eigenvalue weighted by molar-refractivity contribution is -0.116. The Morgan fingerprint density at radius 2 is 1.67 bits per heavy atom. The van der Waals surface area contributed by atoms with E-state index >= 15 is 0 Å². The number of rotatable bonds is 9. The summed E-state index contributed by atoms with van der Waals surface area (Å²) in [6.45, 7) is 6.16. The van der Waals surface area contributed by atoms with Crippen LogP contribution in [-0.2, 0) is 4.79 Å². The summed E-state index contributed by atoms with van der Waals surface area (Å²) in [5.74, 6) is -0.641. The van der Waals surface area contributed by atoms with Crippen molar-refractivity contribution in [3.05, 3.63) is 102 Å². The van der Waals surface area contributed by atoms with Gasteiger partial charge in [0.25, 0.3) is 11.8 Å². The van der Waals surface area contributed by atoms with E-state index in [1.54, 1.807) is 43.5 Å². The Kier molecular flexibility index (Phi) is 8.94. The molecule has 0 aromatic heterocycles. The van der Waals surface area contributed by atoms with E-state index < -0.39 is 11.7 Å². The van der Waals surface area contributed by atoms with Crippen LogP contribution in [0.1, 0.15) is 20.7 Å². The van der Waals surface area contributed by atoms with Crippen LogP contribution in [0, 0.1) is 5.82 Å². The van der Waals surface area contributed by atoms with Gasteiger partial charge in [-0.3, -0.25) is 14.4 Å². The van der Waals surface area contributed by atoms with E-state index in [4.69, 9.17) is 4.74 Å². The van der Waals surface area contributed by atoms with Gasteiger partial charge in [0.15, 0.2) is 0 Å². The number of nitrogens with zero attached hydrogens (tertiary/aromatic N) is 3. The molecule has 1 fully saturated rings. The maximum absolute atomic E-state index is 13.5. The quantitative estimate of drug-likeness (QED) is 0.422. The molecule has 1 saturated heterocycles. The minimum absolute atomic E-state index is 0.00302. The number of benzene rings is 3. The van der Waals surface area contributed by atoms with Crippen LogP contribution >= 0.6 is 0 Å². The van der Waals surface area contributed by atoms with Crippen LogP contribution in [0.5, 0.6) is 5.75 Å². The number of hydrogen-bond acceptors (Lipinski definition) is 5. The number of carbonyl (C=O) groups excluding carboxylic acids is 3. The molecular formula is C30H31FN4O4. The Morgan fingerprint density at radius 1 is 0.974 bits per heavy atom. The first-order valence-electron chi connectivity index (χ1n) is 12.6. The molecule has 202 valence electrons. The molecule has 1 N–H and O–H groups in total. The molecule has 1 aliphatic heterocycles. The third-order valence-corrected chi connectivity index (χ3v) is 6.46. The topological polar surface area (TPSA) is 82.2 Å². The molecule has 9 heteroatoms. The smallest absolute Gasteiger partial charge is 0.254 e. The average Bonchev–Trinajstić information content (AvgIpc) is 2.97. The molecule has 0 saturated carbocycles. The summed E-state index contributed by atoms with van der Waals surface area (Å²) in [4.78, 5) is 43.6. The van der Waals surface area contributed by atoms with Gasteiger partial charge in [-0.25, -0.2) is 4.39 Å². The van der Waals surface area contributed by atoms with E-state index in [9.17, 15) is 18.8 Å². The summed E-state index contributed by atoms with van der Waals surface area (Å²) in [6, 6.07) is 19.9. The average molecular weight is 531 g/mol. The van der Waals surface area contributed by atoms with E-state index in [-0.39, 0.29) is 30.5 Å². The van der Waals surface area contributed by atoms with Crippen molar-refractivity contribution in [2.75, 3.05) is 56.6 Å². The summed E-state index contributed by atoms with van der Waals surface area (Å²) in [5.41, 5.74) is 2.38. The molecule has 1 heterocycles. The van der Waals surface area contributed by atoms with Crippen molar-refractivity contribution >= 4 is 29.1 Å². The standard InChI is InChI=1S/C30H31FN4O4/c1-3-15-35(30(38)23-5-4-6-24(31)20-23)21-28(36)32-25-9-11-26(12-10-25)33-16-18-34(19-17-33)29(37)22-7-13-27(39-2)14-8-22/h3-14,20H,1,15-19,21H2,2H3,(H,32,36). The Balaban J connectivity index is 1.30. The maximum Gasteiger partial charge on any atom is 0.254 e. The highest BCUT2D eigenvalue weighted by atomic mass is 19.1. The van der Waals surface area contributed by atoms with Crippen molar-refractivity contribution in [3.8, 4) is 5.75 Å². The Labute approximate surface area is 227 Å². The molecule has 8 nitrogen and oxygen atoms in total. The second kappa shape index (κ2) is 12.7. The minimum atomic E-state index is -0.519. The number of anilines is 2. The van der Waals surface area contributed by atoms with Gasteiger partial charge in [-0.05, 0) is 66.7 Å². The van der Waals surface area contributed by atoms with Crippen LogP contribution in [0.4, 0.5) is 15.8 Å².